The van der Waals surface area contributed by atoms with Crippen molar-refractivity contribution in [1.29, 1.82) is 0 Å². The van der Waals surface area contributed by atoms with Crippen molar-refractivity contribution in [3.8, 4) is 0 Å². The van der Waals surface area contributed by atoms with Gasteiger partial charge in [0.05, 0.1) is 23.2 Å². The minimum absolute atomic E-state index is 0.00168. The van der Waals surface area contributed by atoms with E-state index in [0.717, 1.165) is 42.8 Å². The molecular formula is C23H20F2N4O. The number of carbonyl (C=O) groups is 1. The number of halogens is 2. The molecule has 1 atom stereocenters. The van der Waals surface area contributed by atoms with Gasteiger partial charge in [-0.05, 0) is 48.4 Å². The molecular weight excluding hydrogens is 386 g/mol. The zero-order valence-corrected chi connectivity index (χ0v) is 16.3. The highest BCUT2D eigenvalue weighted by Crippen LogP contribution is 2.74. The second-order valence-electron chi connectivity index (χ2n) is 9.04. The average molecular weight is 406 g/mol. The van der Waals surface area contributed by atoms with E-state index in [1.54, 1.807) is 6.21 Å². The standard InChI is InChI=1S/C23H20F2N4O/c24-17-6-5-15(9-18(17)25)20-7-8-26-29(20)21(30)23-11-22(12-23,13-23)14-28-19-4-2-1-3-16(19)10-27-28/h1-6,8-10,20H,7,11-14H2. The lowest BCUT2D eigenvalue weighted by Crippen LogP contribution is -2.68. The van der Waals surface area contributed by atoms with E-state index < -0.39 is 11.6 Å². The summed E-state index contributed by atoms with van der Waals surface area (Å²) in [6, 6.07) is 11.6. The molecule has 7 heteroatoms. The maximum Gasteiger partial charge on any atom is 0.249 e. The van der Waals surface area contributed by atoms with Gasteiger partial charge in [0.2, 0.25) is 5.91 Å². The Morgan fingerprint density at radius 1 is 1.10 bits per heavy atom. The highest BCUT2D eigenvalue weighted by Gasteiger charge is 2.72. The molecule has 152 valence electrons. The first kappa shape index (κ1) is 17.7. The van der Waals surface area contributed by atoms with E-state index in [2.05, 4.69) is 22.3 Å². The zero-order chi connectivity index (χ0) is 20.5. The van der Waals surface area contributed by atoms with E-state index >= 15 is 0 Å². The molecule has 1 aromatic heterocycles. The second-order valence-corrected chi connectivity index (χ2v) is 9.04. The van der Waals surface area contributed by atoms with Gasteiger partial charge in [0, 0.05) is 24.6 Å². The number of amides is 1. The predicted molar refractivity (Wildman–Crippen MR) is 108 cm³/mol. The predicted octanol–water partition coefficient (Wildman–Crippen LogP) is 4.44. The van der Waals surface area contributed by atoms with Crippen LogP contribution in [0.5, 0.6) is 0 Å². The first-order chi connectivity index (χ1) is 14.5. The van der Waals surface area contributed by atoms with E-state index in [4.69, 9.17) is 0 Å². The molecule has 0 radical (unpaired) electrons. The van der Waals surface area contributed by atoms with E-state index in [1.807, 2.05) is 23.0 Å². The largest absolute Gasteiger partial charge is 0.272 e. The number of rotatable bonds is 4. The molecule has 2 heterocycles. The van der Waals surface area contributed by atoms with Crippen LogP contribution in [0, 0.1) is 22.5 Å². The molecule has 1 amide bonds. The average Bonchev–Trinajstić information content (AvgIpc) is 3.32. The fraction of sp³-hybridized carbons (Fsp3) is 0.348. The summed E-state index contributed by atoms with van der Waals surface area (Å²) in [7, 11) is 0. The van der Waals surface area contributed by atoms with Crippen molar-refractivity contribution in [2.24, 2.45) is 15.9 Å². The molecule has 1 unspecified atom stereocenters. The number of aromatic nitrogens is 2. The lowest BCUT2D eigenvalue weighted by Gasteiger charge is -2.69. The number of nitrogens with zero attached hydrogens (tertiary/aromatic N) is 4. The van der Waals surface area contributed by atoms with Crippen molar-refractivity contribution in [2.45, 2.75) is 38.3 Å². The van der Waals surface area contributed by atoms with Crippen LogP contribution in [0.1, 0.15) is 37.3 Å². The van der Waals surface area contributed by atoms with Gasteiger partial charge in [-0.2, -0.15) is 10.2 Å². The first-order valence-electron chi connectivity index (χ1n) is 10.2. The van der Waals surface area contributed by atoms with Gasteiger partial charge < -0.3 is 0 Å². The van der Waals surface area contributed by atoms with E-state index in [-0.39, 0.29) is 22.8 Å². The quantitative estimate of drug-likeness (QED) is 0.643. The number of para-hydroxylation sites is 1. The third-order valence-corrected chi connectivity index (χ3v) is 7.00. The Kier molecular flexibility index (Phi) is 3.53. The SMILES string of the molecule is O=C(N1N=CCC1c1ccc(F)c(F)c1)C12CC(Cn3ncc4ccccc43)(C1)C2. The highest BCUT2D eigenvalue weighted by molar-refractivity contribution is 5.88. The summed E-state index contributed by atoms with van der Waals surface area (Å²) in [5.41, 5.74) is 1.43. The molecule has 1 aliphatic heterocycles. The number of benzene rings is 2. The summed E-state index contributed by atoms with van der Waals surface area (Å²) >= 11 is 0. The number of fused-ring (bicyclic) bond motifs is 1. The third-order valence-electron chi connectivity index (χ3n) is 7.00. The van der Waals surface area contributed by atoms with E-state index in [1.165, 1.54) is 17.1 Å². The van der Waals surface area contributed by atoms with Gasteiger partial charge in [-0.1, -0.05) is 24.3 Å². The molecule has 4 aliphatic rings. The molecule has 3 aliphatic carbocycles. The van der Waals surface area contributed by atoms with Crippen molar-refractivity contribution < 1.29 is 13.6 Å². The van der Waals surface area contributed by atoms with Crippen molar-refractivity contribution in [1.82, 2.24) is 14.8 Å². The van der Waals surface area contributed by atoms with Crippen LogP contribution in [0.2, 0.25) is 0 Å². The number of hydrogen-bond acceptors (Lipinski definition) is 3. The van der Waals surface area contributed by atoms with Crippen molar-refractivity contribution in [3.05, 3.63) is 65.9 Å². The molecule has 30 heavy (non-hydrogen) atoms. The van der Waals surface area contributed by atoms with E-state index in [0.29, 0.717) is 12.0 Å². The van der Waals surface area contributed by atoms with Crippen LogP contribution in [0.3, 0.4) is 0 Å². The van der Waals surface area contributed by atoms with Gasteiger partial charge in [-0.25, -0.2) is 13.8 Å². The fourth-order valence-corrected chi connectivity index (χ4v) is 5.71. The summed E-state index contributed by atoms with van der Waals surface area (Å²) in [5, 5.41) is 11.4. The molecule has 0 spiro atoms. The Bertz CT molecular complexity index is 1200. The van der Waals surface area contributed by atoms with Gasteiger partial charge >= 0.3 is 0 Å². The molecule has 3 aromatic rings. The summed E-state index contributed by atoms with van der Waals surface area (Å²) in [6.45, 7) is 0.811. The number of hydrogen-bond donors (Lipinski definition) is 0. The molecule has 3 fully saturated rings. The molecule has 0 saturated heterocycles. The molecule has 2 aromatic carbocycles. The second kappa shape index (κ2) is 5.97. The smallest absolute Gasteiger partial charge is 0.249 e. The number of carbonyl (C=O) groups excluding carboxylic acids is 1. The van der Waals surface area contributed by atoms with Crippen LogP contribution in [-0.2, 0) is 11.3 Å². The maximum absolute atomic E-state index is 13.7. The topological polar surface area (TPSA) is 50.5 Å². The molecule has 0 N–H and O–H groups in total. The summed E-state index contributed by atoms with van der Waals surface area (Å²) in [6.07, 6.45) is 6.54. The van der Waals surface area contributed by atoms with Crippen molar-refractivity contribution in [3.63, 3.8) is 0 Å². The Labute approximate surface area is 172 Å². The molecule has 5 nitrogen and oxygen atoms in total. The molecule has 3 saturated carbocycles. The lowest BCUT2D eigenvalue weighted by atomic mass is 9.34. The van der Waals surface area contributed by atoms with Crippen LogP contribution in [0.15, 0.2) is 53.8 Å². The first-order valence-corrected chi connectivity index (χ1v) is 10.2. The summed E-state index contributed by atoms with van der Waals surface area (Å²) < 4.78 is 29.0. The third kappa shape index (κ3) is 2.41. The van der Waals surface area contributed by atoms with E-state index in [9.17, 15) is 13.6 Å². The minimum atomic E-state index is -0.900. The maximum atomic E-state index is 13.7. The molecule has 7 rings (SSSR count). The Balaban J connectivity index is 1.18. The Morgan fingerprint density at radius 3 is 2.70 bits per heavy atom. The summed E-state index contributed by atoms with van der Waals surface area (Å²) in [4.78, 5) is 13.3. The van der Waals surface area contributed by atoms with Crippen LogP contribution >= 0.6 is 0 Å². The van der Waals surface area contributed by atoms with Crippen LogP contribution in [0.4, 0.5) is 8.78 Å². The lowest BCUT2D eigenvalue weighted by molar-refractivity contribution is -0.223. The zero-order valence-electron chi connectivity index (χ0n) is 16.3. The number of hydrazone groups is 1. The van der Waals surface area contributed by atoms with Gasteiger partial charge in [0.15, 0.2) is 11.6 Å². The van der Waals surface area contributed by atoms with Gasteiger partial charge in [-0.3, -0.25) is 9.48 Å². The minimum Gasteiger partial charge on any atom is -0.272 e. The molecule has 2 bridgehead atoms. The van der Waals surface area contributed by atoms with Gasteiger partial charge in [0.1, 0.15) is 0 Å². The monoisotopic (exact) mass is 406 g/mol. The fourth-order valence-electron chi connectivity index (χ4n) is 5.71. The van der Waals surface area contributed by atoms with Crippen LogP contribution in [-0.4, -0.2) is 26.9 Å². The highest BCUT2D eigenvalue weighted by atomic mass is 19.2. The Morgan fingerprint density at radius 2 is 1.90 bits per heavy atom. The van der Waals surface area contributed by atoms with Crippen LogP contribution in [0.25, 0.3) is 10.9 Å². The van der Waals surface area contributed by atoms with Gasteiger partial charge in [0.25, 0.3) is 0 Å². The van der Waals surface area contributed by atoms with Gasteiger partial charge in [-0.15, -0.1) is 0 Å². The van der Waals surface area contributed by atoms with Crippen LogP contribution < -0.4 is 0 Å². The summed E-state index contributed by atoms with van der Waals surface area (Å²) in [5.74, 6) is -1.79. The van der Waals surface area contributed by atoms with Crippen molar-refractivity contribution >= 4 is 23.0 Å². The van der Waals surface area contributed by atoms with Crippen molar-refractivity contribution in [2.75, 3.05) is 0 Å². The Hall–Kier alpha value is -3.09. The normalized spacial score (nSPS) is 29.1.